The number of benzene rings is 2. The molecule has 0 saturated heterocycles. The zero-order valence-corrected chi connectivity index (χ0v) is 16.3. The Kier molecular flexibility index (Phi) is 7.09. The third-order valence-electron chi connectivity index (χ3n) is 3.60. The van der Waals surface area contributed by atoms with E-state index >= 15 is 0 Å². The van der Waals surface area contributed by atoms with Crippen LogP contribution in [-0.4, -0.2) is 24.2 Å². The first-order valence-electron chi connectivity index (χ1n) is 8.32. The van der Waals surface area contributed by atoms with Gasteiger partial charge >= 0.3 is 0 Å². The Labute approximate surface area is 158 Å². The van der Waals surface area contributed by atoms with Gasteiger partial charge in [0, 0.05) is 4.90 Å². The van der Waals surface area contributed by atoms with Gasteiger partial charge in [-0.1, -0.05) is 23.8 Å². The van der Waals surface area contributed by atoms with Crippen LogP contribution in [0.4, 0.5) is 0 Å². The van der Waals surface area contributed by atoms with E-state index in [-0.39, 0.29) is 18.3 Å². The van der Waals surface area contributed by atoms with Crippen molar-refractivity contribution in [2.45, 2.75) is 32.6 Å². The number of carbonyl (C=O) groups excluding carboxylic acids is 2. The fraction of sp³-hybridized carbons (Fsp3) is 0.300. The van der Waals surface area contributed by atoms with Gasteiger partial charge in [-0.15, -0.1) is 11.8 Å². The smallest absolute Gasteiger partial charge is 0.276 e. The Morgan fingerprint density at radius 1 is 0.885 bits per heavy atom. The largest absolute Gasteiger partial charge is 0.484 e. The lowest BCUT2D eigenvalue weighted by Gasteiger charge is -2.10. The van der Waals surface area contributed by atoms with Crippen molar-refractivity contribution in [1.82, 2.24) is 10.9 Å². The molecular weight excluding hydrogens is 348 g/mol. The quantitative estimate of drug-likeness (QED) is 0.603. The molecule has 0 aliphatic rings. The van der Waals surface area contributed by atoms with Crippen molar-refractivity contribution in [3.63, 3.8) is 0 Å². The van der Waals surface area contributed by atoms with Crippen LogP contribution >= 0.6 is 11.8 Å². The van der Waals surface area contributed by atoms with E-state index in [9.17, 15) is 9.59 Å². The molecule has 0 atom stereocenters. The monoisotopic (exact) mass is 372 g/mol. The first-order valence-corrected chi connectivity index (χ1v) is 9.31. The summed E-state index contributed by atoms with van der Waals surface area (Å²) in [6.45, 7) is 7.82. The molecule has 5 nitrogen and oxygen atoms in total. The highest BCUT2D eigenvalue weighted by Crippen LogP contribution is 2.22. The Morgan fingerprint density at radius 2 is 1.54 bits per heavy atom. The minimum atomic E-state index is -0.408. The first kappa shape index (κ1) is 19.8. The summed E-state index contributed by atoms with van der Waals surface area (Å²) in [5.74, 6) is 0.181. The summed E-state index contributed by atoms with van der Waals surface area (Å²) in [4.78, 5) is 24.7. The maximum Gasteiger partial charge on any atom is 0.276 e. The molecule has 0 unspecified atom stereocenters. The van der Waals surface area contributed by atoms with Gasteiger partial charge in [-0.05, 0) is 62.6 Å². The van der Waals surface area contributed by atoms with Crippen LogP contribution < -0.4 is 15.6 Å². The standard InChI is InChI=1S/C20H24N2O3S/c1-13-5-6-18(16(4)8-13)26-12-20(24)22-21-19(23)11-25-17-9-14(2)7-15(3)10-17/h5-10H,11-12H2,1-4H3,(H,21,23)(H,22,24). The minimum Gasteiger partial charge on any atom is -0.484 e. The summed E-state index contributed by atoms with van der Waals surface area (Å²) in [5, 5.41) is 0. The van der Waals surface area contributed by atoms with E-state index in [1.165, 1.54) is 17.3 Å². The molecule has 0 aliphatic heterocycles. The van der Waals surface area contributed by atoms with Crippen molar-refractivity contribution in [2.24, 2.45) is 0 Å². The molecule has 0 radical (unpaired) electrons. The van der Waals surface area contributed by atoms with Crippen molar-refractivity contribution < 1.29 is 14.3 Å². The zero-order chi connectivity index (χ0) is 19.1. The molecular formula is C20H24N2O3S. The van der Waals surface area contributed by atoms with Crippen LogP contribution in [0.2, 0.25) is 0 Å². The second kappa shape index (κ2) is 9.29. The lowest BCUT2D eigenvalue weighted by atomic mass is 10.1. The normalized spacial score (nSPS) is 10.3. The van der Waals surface area contributed by atoms with Gasteiger partial charge in [-0.2, -0.15) is 0 Å². The number of carbonyl (C=O) groups is 2. The van der Waals surface area contributed by atoms with Crippen LogP contribution in [0.1, 0.15) is 22.3 Å². The van der Waals surface area contributed by atoms with Crippen LogP contribution in [0.3, 0.4) is 0 Å². The summed E-state index contributed by atoms with van der Waals surface area (Å²) in [5.41, 5.74) is 9.22. The Balaban J connectivity index is 1.72. The van der Waals surface area contributed by atoms with Crippen molar-refractivity contribution in [1.29, 1.82) is 0 Å². The highest BCUT2D eigenvalue weighted by atomic mass is 32.2. The molecule has 26 heavy (non-hydrogen) atoms. The van der Waals surface area contributed by atoms with Crippen molar-refractivity contribution in [2.75, 3.05) is 12.4 Å². The Bertz CT molecular complexity index is 785. The molecule has 6 heteroatoms. The lowest BCUT2D eigenvalue weighted by molar-refractivity contribution is -0.128. The first-order chi connectivity index (χ1) is 12.3. The highest BCUT2D eigenvalue weighted by molar-refractivity contribution is 8.00. The second-order valence-electron chi connectivity index (χ2n) is 6.27. The molecule has 2 N–H and O–H groups in total. The number of rotatable bonds is 6. The molecule has 0 aromatic heterocycles. The van der Waals surface area contributed by atoms with Gasteiger partial charge in [0.05, 0.1) is 5.75 Å². The number of amides is 2. The number of aryl methyl sites for hydroxylation is 4. The average Bonchev–Trinajstić information content (AvgIpc) is 2.56. The van der Waals surface area contributed by atoms with Crippen LogP contribution in [-0.2, 0) is 9.59 Å². The van der Waals surface area contributed by atoms with Crippen LogP contribution in [0, 0.1) is 27.7 Å². The van der Waals surface area contributed by atoms with Gasteiger partial charge in [0.2, 0.25) is 5.91 Å². The number of hydrazine groups is 1. The van der Waals surface area contributed by atoms with E-state index in [0.29, 0.717) is 5.75 Å². The van der Waals surface area contributed by atoms with Crippen LogP contribution in [0.25, 0.3) is 0 Å². The van der Waals surface area contributed by atoms with Gasteiger partial charge in [-0.3, -0.25) is 20.4 Å². The summed E-state index contributed by atoms with van der Waals surface area (Å²) in [6.07, 6.45) is 0. The maximum atomic E-state index is 11.9. The summed E-state index contributed by atoms with van der Waals surface area (Å²) >= 11 is 1.43. The van der Waals surface area contributed by atoms with Gasteiger partial charge < -0.3 is 4.74 Å². The number of thioether (sulfide) groups is 1. The Morgan fingerprint density at radius 3 is 2.19 bits per heavy atom. The van der Waals surface area contributed by atoms with E-state index in [0.717, 1.165) is 21.6 Å². The summed E-state index contributed by atoms with van der Waals surface area (Å²) < 4.78 is 5.45. The number of hydrogen-bond donors (Lipinski definition) is 2. The predicted molar refractivity (Wildman–Crippen MR) is 104 cm³/mol. The molecule has 2 aromatic rings. The molecule has 138 valence electrons. The molecule has 0 fully saturated rings. The third kappa shape index (κ3) is 6.44. The fourth-order valence-corrected chi connectivity index (χ4v) is 3.29. The van der Waals surface area contributed by atoms with Crippen LogP contribution in [0.15, 0.2) is 41.3 Å². The predicted octanol–water partition coefficient (Wildman–Crippen LogP) is 3.24. The number of nitrogens with one attached hydrogen (secondary N) is 2. The van der Waals surface area contributed by atoms with E-state index in [4.69, 9.17) is 4.74 Å². The molecule has 0 aliphatic carbocycles. The Hall–Kier alpha value is -2.47. The molecule has 0 heterocycles. The van der Waals surface area contributed by atoms with Gasteiger partial charge in [0.25, 0.3) is 5.91 Å². The second-order valence-corrected chi connectivity index (χ2v) is 7.28. The SMILES string of the molecule is Cc1cc(C)cc(OCC(=O)NNC(=O)CSc2ccc(C)cc2C)c1. The summed E-state index contributed by atoms with van der Waals surface area (Å²) in [7, 11) is 0. The molecule has 2 rings (SSSR count). The van der Waals surface area contributed by atoms with Crippen molar-refractivity contribution >= 4 is 23.6 Å². The van der Waals surface area contributed by atoms with E-state index in [2.05, 4.69) is 16.9 Å². The van der Waals surface area contributed by atoms with E-state index in [1.807, 2.05) is 58.0 Å². The van der Waals surface area contributed by atoms with Gasteiger partial charge in [0.1, 0.15) is 5.75 Å². The molecule has 0 spiro atoms. The van der Waals surface area contributed by atoms with Crippen molar-refractivity contribution in [3.05, 3.63) is 58.7 Å². The molecule has 0 bridgehead atoms. The van der Waals surface area contributed by atoms with Crippen molar-refractivity contribution in [3.8, 4) is 5.75 Å². The fourth-order valence-electron chi connectivity index (χ4n) is 2.48. The third-order valence-corrected chi connectivity index (χ3v) is 4.77. The zero-order valence-electron chi connectivity index (χ0n) is 15.5. The van der Waals surface area contributed by atoms with E-state index < -0.39 is 5.91 Å². The molecule has 2 aromatic carbocycles. The summed E-state index contributed by atoms with van der Waals surface area (Å²) in [6, 6.07) is 11.8. The number of ether oxygens (including phenoxy) is 1. The highest BCUT2D eigenvalue weighted by Gasteiger charge is 2.08. The maximum absolute atomic E-state index is 11.9. The molecule has 2 amide bonds. The molecule has 0 saturated carbocycles. The van der Waals surface area contributed by atoms with Crippen LogP contribution in [0.5, 0.6) is 5.75 Å². The lowest BCUT2D eigenvalue weighted by Crippen LogP contribution is -2.44. The van der Waals surface area contributed by atoms with Gasteiger partial charge in [-0.25, -0.2) is 0 Å². The minimum absolute atomic E-state index is 0.159. The van der Waals surface area contributed by atoms with E-state index in [1.54, 1.807) is 0 Å². The number of hydrogen-bond acceptors (Lipinski definition) is 4. The topological polar surface area (TPSA) is 67.4 Å². The average molecular weight is 372 g/mol. The van der Waals surface area contributed by atoms with Gasteiger partial charge in [0.15, 0.2) is 6.61 Å².